The number of nitrogens with one attached hydrogen (secondary N) is 1. The number of thiophene rings is 1. The van der Waals surface area contributed by atoms with Crippen LogP contribution in [0.3, 0.4) is 0 Å². The molecule has 0 spiro atoms. The third kappa shape index (κ3) is 3.65. The van der Waals surface area contributed by atoms with Gasteiger partial charge in [-0.25, -0.2) is 0 Å². The number of ether oxygens (including phenoxy) is 1. The highest BCUT2D eigenvalue weighted by Crippen LogP contribution is 2.23. The molecule has 19 heavy (non-hydrogen) atoms. The minimum Gasteiger partial charge on any atom is -0.375 e. The van der Waals surface area contributed by atoms with Crippen LogP contribution in [0.5, 0.6) is 0 Å². The number of amides is 1. The third-order valence-corrected chi connectivity index (χ3v) is 3.57. The standard InChI is InChI=1S/C13H17N3O2S/c1-10-8-11(12-4-3-7-19-12)15-16(10)6-5-14-13(17)9-18-2/h3-4,7-8H,5-6,9H2,1-2H3,(H,14,17). The fraction of sp³-hybridized carbons (Fsp3) is 0.385. The molecule has 0 aliphatic carbocycles. The first-order valence-corrected chi connectivity index (χ1v) is 6.92. The van der Waals surface area contributed by atoms with Gasteiger partial charge in [-0.1, -0.05) is 6.07 Å². The van der Waals surface area contributed by atoms with Crippen LogP contribution >= 0.6 is 11.3 Å². The van der Waals surface area contributed by atoms with Crippen LogP contribution in [0.1, 0.15) is 5.69 Å². The van der Waals surface area contributed by atoms with Crippen LogP contribution in [0, 0.1) is 6.92 Å². The van der Waals surface area contributed by atoms with E-state index in [0.717, 1.165) is 16.3 Å². The number of carbonyl (C=O) groups excluding carboxylic acids is 1. The highest BCUT2D eigenvalue weighted by atomic mass is 32.1. The van der Waals surface area contributed by atoms with E-state index in [2.05, 4.69) is 22.5 Å². The normalized spacial score (nSPS) is 10.6. The average Bonchev–Trinajstić information content (AvgIpc) is 3.00. The molecule has 0 saturated carbocycles. The molecule has 0 atom stereocenters. The lowest BCUT2D eigenvalue weighted by atomic mass is 10.3. The first-order valence-electron chi connectivity index (χ1n) is 6.04. The largest absolute Gasteiger partial charge is 0.375 e. The van der Waals surface area contributed by atoms with E-state index in [-0.39, 0.29) is 12.5 Å². The molecule has 0 aliphatic rings. The molecule has 0 saturated heterocycles. The van der Waals surface area contributed by atoms with Crippen molar-refractivity contribution < 1.29 is 9.53 Å². The Morgan fingerprint density at radius 2 is 2.42 bits per heavy atom. The first kappa shape index (κ1) is 13.8. The van der Waals surface area contributed by atoms with Crippen molar-refractivity contribution in [1.29, 1.82) is 0 Å². The van der Waals surface area contributed by atoms with Gasteiger partial charge in [0.15, 0.2) is 0 Å². The van der Waals surface area contributed by atoms with Crippen LogP contribution < -0.4 is 5.32 Å². The topological polar surface area (TPSA) is 56.1 Å². The molecule has 0 radical (unpaired) electrons. The van der Waals surface area contributed by atoms with Gasteiger partial charge < -0.3 is 10.1 Å². The molecule has 102 valence electrons. The van der Waals surface area contributed by atoms with Crippen LogP contribution in [0.25, 0.3) is 10.6 Å². The van der Waals surface area contributed by atoms with Crippen molar-refractivity contribution in [3.05, 3.63) is 29.3 Å². The Hall–Kier alpha value is -1.66. The van der Waals surface area contributed by atoms with E-state index >= 15 is 0 Å². The van der Waals surface area contributed by atoms with Crippen molar-refractivity contribution in [2.45, 2.75) is 13.5 Å². The fourth-order valence-corrected chi connectivity index (χ4v) is 2.45. The Balaban J connectivity index is 1.92. The van der Waals surface area contributed by atoms with Crippen molar-refractivity contribution in [2.75, 3.05) is 20.3 Å². The predicted molar refractivity (Wildman–Crippen MR) is 75.2 cm³/mol. The third-order valence-electron chi connectivity index (χ3n) is 2.68. The van der Waals surface area contributed by atoms with Gasteiger partial charge in [0.2, 0.25) is 5.91 Å². The molecule has 2 aromatic heterocycles. The molecule has 0 unspecified atom stereocenters. The van der Waals surface area contributed by atoms with Gasteiger partial charge in [-0.2, -0.15) is 5.10 Å². The monoisotopic (exact) mass is 279 g/mol. The summed E-state index contributed by atoms with van der Waals surface area (Å²) in [4.78, 5) is 12.4. The molecule has 2 rings (SSSR count). The van der Waals surface area contributed by atoms with Crippen LogP contribution in [0.15, 0.2) is 23.6 Å². The number of nitrogens with zero attached hydrogens (tertiary/aromatic N) is 2. The summed E-state index contributed by atoms with van der Waals surface area (Å²) < 4.78 is 6.65. The van der Waals surface area contributed by atoms with Gasteiger partial charge >= 0.3 is 0 Å². The summed E-state index contributed by atoms with van der Waals surface area (Å²) in [5, 5.41) is 9.36. The second kappa shape index (κ2) is 6.49. The van der Waals surface area contributed by atoms with Gasteiger partial charge in [-0.05, 0) is 24.4 Å². The maximum Gasteiger partial charge on any atom is 0.246 e. The van der Waals surface area contributed by atoms with E-state index in [1.54, 1.807) is 11.3 Å². The molecule has 5 nitrogen and oxygen atoms in total. The summed E-state index contributed by atoms with van der Waals surface area (Å²) in [5.74, 6) is -0.106. The van der Waals surface area contributed by atoms with E-state index < -0.39 is 0 Å². The summed E-state index contributed by atoms with van der Waals surface area (Å²) in [6, 6.07) is 6.12. The number of aromatic nitrogens is 2. The van der Waals surface area contributed by atoms with Gasteiger partial charge in [0, 0.05) is 19.3 Å². The molecule has 0 bridgehead atoms. The van der Waals surface area contributed by atoms with Crippen molar-refractivity contribution >= 4 is 17.2 Å². The summed E-state index contributed by atoms with van der Waals surface area (Å²) in [7, 11) is 1.50. The van der Waals surface area contributed by atoms with E-state index in [9.17, 15) is 4.79 Å². The van der Waals surface area contributed by atoms with Crippen LogP contribution in [-0.4, -0.2) is 35.9 Å². The first-order chi connectivity index (χ1) is 9.20. The number of hydrogen-bond donors (Lipinski definition) is 1. The van der Waals surface area contributed by atoms with Crippen LogP contribution in [0.2, 0.25) is 0 Å². The highest BCUT2D eigenvalue weighted by Gasteiger charge is 2.07. The predicted octanol–water partition coefficient (Wildman–Crippen LogP) is 1.68. The molecular formula is C13H17N3O2S. The summed E-state index contributed by atoms with van der Waals surface area (Å²) in [5.41, 5.74) is 2.07. The maximum atomic E-state index is 11.2. The quantitative estimate of drug-likeness (QED) is 0.875. The summed E-state index contributed by atoms with van der Waals surface area (Å²) in [6.07, 6.45) is 0. The summed E-state index contributed by atoms with van der Waals surface area (Å²) in [6.45, 7) is 3.32. The van der Waals surface area contributed by atoms with Crippen molar-refractivity contribution in [2.24, 2.45) is 0 Å². The van der Waals surface area contributed by atoms with Gasteiger partial charge in [0.05, 0.1) is 11.4 Å². The molecule has 0 fully saturated rings. The SMILES string of the molecule is COCC(=O)NCCn1nc(-c2cccs2)cc1C. The Labute approximate surface area is 116 Å². The van der Waals surface area contributed by atoms with E-state index in [4.69, 9.17) is 4.74 Å². The number of rotatable bonds is 6. The lowest BCUT2D eigenvalue weighted by Crippen LogP contribution is -2.30. The number of carbonyl (C=O) groups is 1. The van der Waals surface area contributed by atoms with Crippen molar-refractivity contribution in [1.82, 2.24) is 15.1 Å². The average molecular weight is 279 g/mol. The summed E-state index contributed by atoms with van der Waals surface area (Å²) >= 11 is 1.67. The second-order valence-electron chi connectivity index (χ2n) is 4.15. The zero-order chi connectivity index (χ0) is 13.7. The Kier molecular flexibility index (Phi) is 4.70. The number of methoxy groups -OCH3 is 1. The Morgan fingerprint density at radius 3 is 3.11 bits per heavy atom. The number of aryl methyl sites for hydroxylation is 1. The molecule has 1 N–H and O–H groups in total. The molecule has 0 aliphatic heterocycles. The Bertz CT molecular complexity index is 534. The lowest BCUT2D eigenvalue weighted by Gasteiger charge is -2.06. The van der Waals surface area contributed by atoms with Gasteiger partial charge in [0.1, 0.15) is 12.3 Å². The zero-order valence-electron chi connectivity index (χ0n) is 11.0. The molecular weight excluding hydrogens is 262 g/mol. The maximum absolute atomic E-state index is 11.2. The second-order valence-corrected chi connectivity index (χ2v) is 5.10. The van der Waals surface area contributed by atoms with E-state index in [0.29, 0.717) is 13.1 Å². The van der Waals surface area contributed by atoms with Crippen molar-refractivity contribution in [3.8, 4) is 10.6 Å². The minimum atomic E-state index is -0.106. The number of hydrogen-bond acceptors (Lipinski definition) is 4. The van der Waals surface area contributed by atoms with Gasteiger partial charge in [0.25, 0.3) is 0 Å². The van der Waals surface area contributed by atoms with E-state index in [1.165, 1.54) is 7.11 Å². The molecule has 0 aromatic carbocycles. The van der Waals surface area contributed by atoms with Crippen molar-refractivity contribution in [3.63, 3.8) is 0 Å². The van der Waals surface area contributed by atoms with E-state index in [1.807, 2.05) is 23.1 Å². The molecule has 2 aromatic rings. The zero-order valence-corrected chi connectivity index (χ0v) is 11.9. The molecule has 2 heterocycles. The minimum absolute atomic E-state index is 0.0958. The lowest BCUT2D eigenvalue weighted by molar-refractivity contribution is -0.124. The smallest absolute Gasteiger partial charge is 0.246 e. The fourth-order valence-electron chi connectivity index (χ4n) is 1.76. The molecule has 6 heteroatoms. The van der Waals surface area contributed by atoms with Crippen LogP contribution in [-0.2, 0) is 16.1 Å². The molecule has 1 amide bonds. The highest BCUT2D eigenvalue weighted by molar-refractivity contribution is 7.13. The van der Waals surface area contributed by atoms with Gasteiger partial charge in [-0.15, -0.1) is 11.3 Å². The Morgan fingerprint density at radius 1 is 1.58 bits per heavy atom. The van der Waals surface area contributed by atoms with Crippen LogP contribution in [0.4, 0.5) is 0 Å². The van der Waals surface area contributed by atoms with Gasteiger partial charge in [-0.3, -0.25) is 9.48 Å².